The lowest BCUT2D eigenvalue weighted by atomic mass is 9.81. The first-order chi connectivity index (χ1) is 16.5. The number of rotatable bonds is 7. The van der Waals surface area contributed by atoms with Gasteiger partial charge in [0.1, 0.15) is 11.3 Å². The van der Waals surface area contributed by atoms with Gasteiger partial charge in [0.05, 0.1) is 18.9 Å². The van der Waals surface area contributed by atoms with Crippen molar-refractivity contribution in [3.05, 3.63) is 54.1 Å². The molecule has 4 rings (SSSR count). The number of thioether (sulfide) groups is 1. The molecule has 1 aliphatic carbocycles. The molecule has 0 N–H and O–H groups in total. The minimum atomic E-state index is -0.702. The Bertz CT molecular complexity index is 1190. The van der Waals surface area contributed by atoms with Crippen molar-refractivity contribution in [3.63, 3.8) is 0 Å². The zero-order valence-electron chi connectivity index (χ0n) is 19.8. The van der Waals surface area contributed by atoms with E-state index in [1.807, 2.05) is 54.0 Å². The lowest BCUT2D eigenvalue weighted by Crippen LogP contribution is -2.50. The van der Waals surface area contributed by atoms with Gasteiger partial charge in [-0.15, -0.1) is 10.2 Å². The molecule has 7 nitrogen and oxygen atoms in total. The number of carbonyl (C=O) groups excluding carboxylic acids is 1. The van der Waals surface area contributed by atoms with E-state index >= 15 is 0 Å². The largest absolute Gasteiger partial charge is 0.497 e. The van der Waals surface area contributed by atoms with Crippen molar-refractivity contribution in [2.45, 2.75) is 49.7 Å². The van der Waals surface area contributed by atoms with Crippen molar-refractivity contribution in [1.82, 2.24) is 19.7 Å². The summed E-state index contributed by atoms with van der Waals surface area (Å²) >= 11 is 1.34. The number of methoxy groups -OCH3 is 1. The maximum Gasteiger partial charge on any atom is 0.234 e. The lowest BCUT2D eigenvalue weighted by Gasteiger charge is -2.39. The fourth-order valence-corrected chi connectivity index (χ4v) is 5.29. The molecule has 1 amide bonds. The SMILES string of the molecule is COc1ccc(-n2c(SCC(=O)N(C)C3(C#N)CCCCC3)nnc2-c2cccc(C)c2)cc1. The molecule has 0 saturated heterocycles. The molecule has 2 aromatic carbocycles. The number of hydrogen-bond donors (Lipinski definition) is 0. The highest BCUT2D eigenvalue weighted by atomic mass is 32.2. The second kappa shape index (κ2) is 10.3. The van der Waals surface area contributed by atoms with Gasteiger partial charge < -0.3 is 9.64 Å². The van der Waals surface area contributed by atoms with Gasteiger partial charge in [-0.25, -0.2) is 0 Å². The van der Waals surface area contributed by atoms with Gasteiger partial charge >= 0.3 is 0 Å². The zero-order chi connectivity index (χ0) is 24.1. The number of hydrogen-bond acceptors (Lipinski definition) is 6. The highest BCUT2D eigenvalue weighted by Gasteiger charge is 2.38. The van der Waals surface area contributed by atoms with Crippen molar-refractivity contribution in [1.29, 1.82) is 5.26 Å². The van der Waals surface area contributed by atoms with Gasteiger partial charge in [0, 0.05) is 18.3 Å². The summed E-state index contributed by atoms with van der Waals surface area (Å²) in [5.74, 6) is 1.57. The molecule has 34 heavy (non-hydrogen) atoms. The summed E-state index contributed by atoms with van der Waals surface area (Å²) in [6.45, 7) is 2.04. The summed E-state index contributed by atoms with van der Waals surface area (Å²) < 4.78 is 7.27. The van der Waals surface area contributed by atoms with Crippen LogP contribution in [0.2, 0.25) is 0 Å². The van der Waals surface area contributed by atoms with E-state index in [0.29, 0.717) is 11.0 Å². The Labute approximate surface area is 204 Å². The molecule has 176 valence electrons. The molecule has 1 saturated carbocycles. The van der Waals surface area contributed by atoms with E-state index in [2.05, 4.69) is 22.3 Å². The number of nitriles is 1. The Morgan fingerprint density at radius 3 is 2.56 bits per heavy atom. The monoisotopic (exact) mass is 475 g/mol. The summed E-state index contributed by atoms with van der Waals surface area (Å²) in [5.41, 5.74) is 2.25. The maximum absolute atomic E-state index is 13.1. The molecule has 3 aromatic rings. The standard InChI is InChI=1S/C26H29N5O2S/c1-19-8-7-9-20(16-19)24-28-29-25(31(24)21-10-12-22(33-3)13-11-21)34-17-23(32)30(2)26(18-27)14-5-4-6-15-26/h7-13,16H,4-6,14-15,17H2,1-3H3. The van der Waals surface area contributed by atoms with Crippen LogP contribution in [-0.2, 0) is 4.79 Å². The van der Waals surface area contributed by atoms with Crippen LogP contribution in [0.5, 0.6) is 5.75 Å². The smallest absolute Gasteiger partial charge is 0.234 e. The normalized spacial score (nSPS) is 14.9. The first-order valence-electron chi connectivity index (χ1n) is 11.4. The summed E-state index contributed by atoms with van der Waals surface area (Å²) in [6.07, 6.45) is 4.53. The maximum atomic E-state index is 13.1. The second-order valence-electron chi connectivity index (χ2n) is 8.65. The molecule has 1 heterocycles. The molecule has 0 bridgehead atoms. The molecule has 0 aliphatic heterocycles. The number of aryl methyl sites for hydroxylation is 1. The first-order valence-corrected chi connectivity index (χ1v) is 12.4. The Morgan fingerprint density at radius 1 is 1.18 bits per heavy atom. The number of benzene rings is 2. The van der Waals surface area contributed by atoms with E-state index in [9.17, 15) is 10.1 Å². The molecule has 8 heteroatoms. The van der Waals surface area contributed by atoms with E-state index in [-0.39, 0.29) is 11.7 Å². The van der Waals surface area contributed by atoms with Crippen LogP contribution >= 0.6 is 11.8 Å². The fourth-order valence-electron chi connectivity index (χ4n) is 4.42. The number of ether oxygens (including phenoxy) is 1. The van der Waals surface area contributed by atoms with Crippen LogP contribution in [0.4, 0.5) is 0 Å². The summed E-state index contributed by atoms with van der Waals surface area (Å²) in [6, 6.07) is 18.2. The Balaban J connectivity index is 1.62. The van der Waals surface area contributed by atoms with Crippen molar-refractivity contribution < 1.29 is 9.53 Å². The van der Waals surface area contributed by atoms with Crippen LogP contribution < -0.4 is 4.74 Å². The molecule has 0 unspecified atom stereocenters. The highest BCUT2D eigenvalue weighted by molar-refractivity contribution is 7.99. The number of nitrogens with zero attached hydrogens (tertiary/aromatic N) is 5. The molecule has 1 aromatic heterocycles. The van der Waals surface area contributed by atoms with Gasteiger partial charge in [0.25, 0.3) is 0 Å². The average Bonchev–Trinajstić information content (AvgIpc) is 3.31. The molecule has 0 radical (unpaired) electrons. The Hall–Kier alpha value is -3.31. The van der Waals surface area contributed by atoms with Crippen LogP contribution in [0, 0.1) is 18.3 Å². The van der Waals surface area contributed by atoms with Crippen LogP contribution in [0.3, 0.4) is 0 Å². The minimum absolute atomic E-state index is 0.0742. The zero-order valence-corrected chi connectivity index (χ0v) is 20.6. The fraction of sp³-hybridized carbons (Fsp3) is 0.385. The summed E-state index contributed by atoms with van der Waals surface area (Å²) in [4.78, 5) is 14.8. The van der Waals surface area contributed by atoms with E-state index in [1.54, 1.807) is 19.1 Å². The molecule has 1 fully saturated rings. The van der Waals surface area contributed by atoms with E-state index in [0.717, 1.165) is 54.7 Å². The van der Waals surface area contributed by atoms with E-state index in [4.69, 9.17) is 4.74 Å². The number of amides is 1. The molecule has 0 atom stereocenters. The van der Waals surface area contributed by atoms with Gasteiger partial charge in [0.15, 0.2) is 11.0 Å². The van der Waals surface area contributed by atoms with Crippen molar-refractivity contribution >= 4 is 17.7 Å². The van der Waals surface area contributed by atoms with Crippen LogP contribution in [0.1, 0.15) is 37.7 Å². The van der Waals surface area contributed by atoms with Crippen molar-refractivity contribution in [2.75, 3.05) is 19.9 Å². The first kappa shape index (κ1) is 23.8. The predicted molar refractivity (Wildman–Crippen MR) is 133 cm³/mol. The third kappa shape index (κ3) is 4.80. The van der Waals surface area contributed by atoms with Gasteiger partial charge in [-0.1, -0.05) is 54.8 Å². The van der Waals surface area contributed by atoms with Gasteiger partial charge in [-0.05, 0) is 50.1 Å². The Kier molecular flexibility index (Phi) is 7.23. The van der Waals surface area contributed by atoms with Gasteiger partial charge in [-0.3, -0.25) is 9.36 Å². The average molecular weight is 476 g/mol. The summed E-state index contributed by atoms with van der Waals surface area (Å²) in [5, 5.41) is 19.4. The molecular formula is C26H29N5O2S. The summed E-state index contributed by atoms with van der Waals surface area (Å²) in [7, 11) is 3.39. The third-order valence-corrected chi connectivity index (χ3v) is 7.38. The van der Waals surface area contributed by atoms with Crippen LogP contribution in [-0.4, -0.2) is 51.0 Å². The topological polar surface area (TPSA) is 84.0 Å². The van der Waals surface area contributed by atoms with Crippen LogP contribution in [0.15, 0.2) is 53.7 Å². The van der Waals surface area contributed by atoms with Gasteiger partial charge in [0.2, 0.25) is 5.91 Å². The van der Waals surface area contributed by atoms with E-state index < -0.39 is 5.54 Å². The number of aromatic nitrogens is 3. The number of carbonyl (C=O) groups is 1. The quantitative estimate of drug-likeness (QED) is 0.446. The minimum Gasteiger partial charge on any atom is -0.497 e. The third-order valence-electron chi connectivity index (χ3n) is 6.47. The van der Waals surface area contributed by atoms with Crippen LogP contribution in [0.25, 0.3) is 17.1 Å². The van der Waals surface area contributed by atoms with E-state index in [1.165, 1.54) is 11.8 Å². The van der Waals surface area contributed by atoms with Crippen molar-refractivity contribution in [2.24, 2.45) is 0 Å². The molecular weight excluding hydrogens is 446 g/mol. The molecule has 0 spiro atoms. The second-order valence-corrected chi connectivity index (χ2v) is 9.60. The van der Waals surface area contributed by atoms with Gasteiger partial charge in [-0.2, -0.15) is 5.26 Å². The highest BCUT2D eigenvalue weighted by Crippen LogP contribution is 2.34. The Morgan fingerprint density at radius 2 is 1.91 bits per heavy atom. The predicted octanol–water partition coefficient (Wildman–Crippen LogP) is 5.03. The lowest BCUT2D eigenvalue weighted by molar-refractivity contribution is -0.131. The van der Waals surface area contributed by atoms with Crippen molar-refractivity contribution in [3.8, 4) is 28.9 Å². The molecule has 1 aliphatic rings.